The summed E-state index contributed by atoms with van der Waals surface area (Å²) in [5, 5.41) is 0. The molecule has 1 heterocycles. The summed E-state index contributed by atoms with van der Waals surface area (Å²) in [4.78, 5) is 2.70. The molecule has 1 heteroatoms. The van der Waals surface area contributed by atoms with Crippen molar-refractivity contribution in [2.75, 3.05) is 13.1 Å². The van der Waals surface area contributed by atoms with Gasteiger partial charge in [0, 0.05) is 5.54 Å². The molecule has 0 N–H and O–H groups in total. The number of likely N-dealkylation sites (tertiary alicyclic amines) is 1. The maximum atomic E-state index is 2.70. The van der Waals surface area contributed by atoms with Crippen LogP contribution in [0.1, 0.15) is 67.2 Å². The van der Waals surface area contributed by atoms with Crippen molar-refractivity contribution < 1.29 is 0 Å². The molecule has 15 heavy (non-hydrogen) atoms. The molecule has 1 aliphatic heterocycles. The summed E-state index contributed by atoms with van der Waals surface area (Å²) in [6, 6.07) is 0. The van der Waals surface area contributed by atoms with Crippen molar-refractivity contribution in [1.82, 2.24) is 4.90 Å². The van der Waals surface area contributed by atoms with E-state index in [4.69, 9.17) is 0 Å². The quantitative estimate of drug-likeness (QED) is 0.627. The monoisotopic (exact) mass is 213 g/mol. The van der Waals surface area contributed by atoms with Gasteiger partial charge in [-0.2, -0.15) is 0 Å². The highest BCUT2D eigenvalue weighted by atomic mass is 15.2. The molecule has 1 saturated heterocycles. The van der Waals surface area contributed by atoms with Crippen LogP contribution in [0.15, 0.2) is 0 Å². The summed E-state index contributed by atoms with van der Waals surface area (Å²) >= 11 is 0. The van der Waals surface area contributed by atoms with Crippen LogP contribution in [0.4, 0.5) is 0 Å². The molecular formula is C14H31N. The van der Waals surface area contributed by atoms with Crippen LogP contribution >= 0.6 is 0 Å². The van der Waals surface area contributed by atoms with Crippen LogP contribution in [0.3, 0.4) is 0 Å². The Bertz CT molecular complexity index is 149. The van der Waals surface area contributed by atoms with Gasteiger partial charge in [0.15, 0.2) is 0 Å². The molecule has 1 atom stereocenters. The number of hydrogen-bond donors (Lipinski definition) is 0. The molecule has 0 bridgehead atoms. The molecular weight excluding hydrogens is 182 g/mol. The van der Waals surface area contributed by atoms with E-state index in [0.717, 1.165) is 5.92 Å². The molecule has 1 spiro atoms. The minimum atomic E-state index is 0.701. The maximum Gasteiger partial charge on any atom is 0.0213 e. The smallest absolute Gasteiger partial charge is 0.0213 e. The fourth-order valence-electron chi connectivity index (χ4n) is 2.65. The second-order valence-corrected chi connectivity index (χ2v) is 4.40. The van der Waals surface area contributed by atoms with E-state index >= 15 is 0 Å². The van der Waals surface area contributed by atoms with Crippen molar-refractivity contribution in [1.29, 1.82) is 0 Å². The van der Waals surface area contributed by atoms with Crippen LogP contribution in [-0.2, 0) is 0 Å². The third-order valence-electron chi connectivity index (χ3n) is 3.50. The molecule has 0 radical (unpaired) electrons. The van der Waals surface area contributed by atoms with Crippen molar-refractivity contribution in [3.05, 3.63) is 0 Å². The van der Waals surface area contributed by atoms with Crippen molar-refractivity contribution >= 4 is 0 Å². The number of rotatable bonds is 1. The summed E-state index contributed by atoms with van der Waals surface area (Å²) in [5.74, 6) is 0.986. The van der Waals surface area contributed by atoms with Gasteiger partial charge in [0.1, 0.15) is 0 Å². The van der Waals surface area contributed by atoms with Crippen LogP contribution in [0, 0.1) is 5.92 Å². The van der Waals surface area contributed by atoms with E-state index in [2.05, 4.69) is 18.7 Å². The summed E-state index contributed by atoms with van der Waals surface area (Å²) in [6.45, 7) is 15.3. The van der Waals surface area contributed by atoms with Crippen LogP contribution in [0.25, 0.3) is 0 Å². The average Bonchev–Trinajstić information content (AvgIpc) is 3.04. The molecule has 0 aromatic rings. The molecule has 2 aliphatic rings. The SMILES string of the molecule is CC.CC.CCN1CCC(C)CC12CC2. The van der Waals surface area contributed by atoms with E-state index in [1.54, 1.807) is 0 Å². The van der Waals surface area contributed by atoms with Gasteiger partial charge in [0.2, 0.25) is 0 Å². The van der Waals surface area contributed by atoms with Gasteiger partial charge in [-0.1, -0.05) is 41.5 Å². The zero-order chi connectivity index (χ0) is 11.9. The van der Waals surface area contributed by atoms with Gasteiger partial charge in [0.25, 0.3) is 0 Å². The van der Waals surface area contributed by atoms with Crippen molar-refractivity contribution in [3.8, 4) is 0 Å². The first-order valence-electron chi connectivity index (χ1n) is 7.02. The van der Waals surface area contributed by atoms with Crippen molar-refractivity contribution in [2.24, 2.45) is 5.92 Å². The Labute approximate surface area is 97.2 Å². The highest BCUT2D eigenvalue weighted by Crippen LogP contribution is 2.49. The molecule has 0 aromatic carbocycles. The number of piperidine rings is 1. The minimum absolute atomic E-state index is 0.701. The molecule has 2 fully saturated rings. The first-order chi connectivity index (χ1) is 7.27. The Balaban J connectivity index is 0.000000442. The van der Waals surface area contributed by atoms with Gasteiger partial charge >= 0.3 is 0 Å². The van der Waals surface area contributed by atoms with Gasteiger partial charge < -0.3 is 0 Å². The number of nitrogens with zero attached hydrogens (tertiary/aromatic N) is 1. The van der Waals surface area contributed by atoms with Crippen LogP contribution < -0.4 is 0 Å². The normalized spacial score (nSPS) is 27.2. The fraction of sp³-hybridized carbons (Fsp3) is 1.00. The zero-order valence-electron chi connectivity index (χ0n) is 11.8. The van der Waals surface area contributed by atoms with E-state index in [1.165, 1.54) is 38.8 Å². The first kappa shape index (κ1) is 15.0. The van der Waals surface area contributed by atoms with E-state index in [-0.39, 0.29) is 0 Å². The molecule has 92 valence electrons. The highest BCUT2D eigenvalue weighted by Gasteiger charge is 2.49. The molecule has 1 aliphatic carbocycles. The average molecular weight is 213 g/mol. The third-order valence-corrected chi connectivity index (χ3v) is 3.50. The summed E-state index contributed by atoms with van der Waals surface area (Å²) in [6.07, 6.45) is 5.85. The lowest BCUT2D eigenvalue weighted by Gasteiger charge is -2.38. The second kappa shape index (κ2) is 7.27. The molecule has 0 aromatic heterocycles. The molecule has 0 amide bonds. The van der Waals surface area contributed by atoms with Gasteiger partial charge in [-0.15, -0.1) is 0 Å². The predicted molar refractivity (Wildman–Crippen MR) is 70.3 cm³/mol. The van der Waals surface area contributed by atoms with Crippen molar-refractivity contribution in [3.63, 3.8) is 0 Å². The minimum Gasteiger partial charge on any atom is -0.298 e. The summed E-state index contributed by atoms with van der Waals surface area (Å²) < 4.78 is 0. The zero-order valence-corrected chi connectivity index (χ0v) is 11.8. The van der Waals surface area contributed by atoms with Gasteiger partial charge in [-0.25, -0.2) is 0 Å². The maximum absolute atomic E-state index is 2.70. The number of hydrogen-bond acceptors (Lipinski definition) is 1. The fourth-order valence-corrected chi connectivity index (χ4v) is 2.65. The Morgan fingerprint density at radius 3 is 2.07 bits per heavy atom. The lowest BCUT2D eigenvalue weighted by atomic mass is 9.91. The van der Waals surface area contributed by atoms with Crippen LogP contribution in [0.2, 0.25) is 0 Å². The van der Waals surface area contributed by atoms with E-state index < -0.39 is 0 Å². The summed E-state index contributed by atoms with van der Waals surface area (Å²) in [7, 11) is 0. The topological polar surface area (TPSA) is 3.24 Å². The third kappa shape index (κ3) is 3.79. The lowest BCUT2D eigenvalue weighted by Crippen LogP contribution is -2.43. The van der Waals surface area contributed by atoms with Gasteiger partial charge in [0.05, 0.1) is 0 Å². The Kier molecular flexibility index (Phi) is 7.25. The second-order valence-electron chi connectivity index (χ2n) is 4.40. The van der Waals surface area contributed by atoms with Gasteiger partial charge in [-0.3, -0.25) is 4.90 Å². The highest BCUT2D eigenvalue weighted by molar-refractivity contribution is 5.06. The predicted octanol–water partition coefficient (Wildman–Crippen LogP) is 4.32. The van der Waals surface area contributed by atoms with Crippen LogP contribution in [-0.4, -0.2) is 23.5 Å². The van der Waals surface area contributed by atoms with Gasteiger partial charge in [-0.05, 0) is 44.7 Å². The Hall–Kier alpha value is -0.0400. The Morgan fingerprint density at radius 2 is 1.67 bits per heavy atom. The first-order valence-corrected chi connectivity index (χ1v) is 7.02. The summed E-state index contributed by atoms with van der Waals surface area (Å²) in [5.41, 5.74) is 0.701. The Morgan fingerprint density at radius 1 is 1.13 bits per heavy atom. The molecule has 2 rings (SSSR count). The van der Waals surface area contributed by atoms with E-state index in [0.29, 0.717) is 5.54 Å². The van der Waals surface area contributed by atoms with E-state index in [1.807, 2.05) is 27.7 Å². The van der Waals surface area contributed by atoms with Crippen molar-refractivity contribution in [2.45, 2.75) is 72.8 Å². The molecule has 1 unspecified atom stereocenters. The van der Waals surface area contributed by atoms with E-state index in [9.17, 15) is 0 Å². The lowest BCUT2D eigenvalue weighted by molar-refractivity contribution is 0.106. The molecule has 1 nitrogen and oxygen atoms in total. The largest absolute Gasteiger partial charge is 0.298 e. The standard InChI is InChI=1S/C10H19N.2C2H6/c1-3-11-7-4-9(2)8-10(11)5-6-10;2*1-2/h9H,3-8H2,1-2H3;2*1-2H3. The van der Waals surface area contributed by atoms with Crippen LogP contribution in [0.5, 0.6) is 0 Å². The molecule has 1 saturated carbocycles.